The fraction of sp³-hybridized carbons (Fsp3) is 0.0909. The van der Waals surface area contributed by atoms with Crippen molar-refractivity contribution in [1.82, 2.24) is 14.5 Å². The van der Waals surface area contributed by atoms with Gasteiger partial charge in [0.2, 0.25) is 0 Å². The summed E-state index contributed by atoms with van der Waals surface area (Å²) in [6, 6.07) is 3.93. The predicted molar refractivity (Wildman–Crippen MR) is 72.2 cm³/mol. The summed E-state index contributed by atoms with van der Waals surface area (Å²) in [6.45, 7) is -0.168. The molecule has 0 atom stereocenters. The second kappa shape index (κ2) is 4.86. The zero-order chi connectivity index (χ0) is 15.1. The number of amides is 2. The van der Waals surface area contributed by atoms with Gasteiger partial charge in [0, 0.05) is 17.6 Å². The molecule has 0 fully saturated rings. The molecule has 0 aliphatic carbocycles. The van der Waals surface area contributed by atoms with Crippen LogP contribution < -0.4 is 0 Å². The van der Waals surface area contributed by atoms with Gasteiger partial charge in [-0.3, -0.25) is 24.6 Å². The summed E-state index contributed by atoms with van der Waals surface area (Å²) >= 11 is 6.77. The highest BCUT2D eigenvalue weighted by Gasteiger charge is 2.41. The zero-order valence-electron chi connectivity index (χ0n) is 10.1. The van der Waals surface area contributed by atoms with Gasteiger partial charge in [-0.1, -0.05) is 22.2 Å². The minimum absolute atomic E-state index is 0.00788. The molecule has 0 unspecified atom stereocenters. The van der Waals surface area contributed by atoms with E-state index in [1.165, 1.54) is 18.2 Å². The Morgan fingerprint density at radius 1 is 1.33 bits per heavy atom. The van der Waals surface area contributed by atoms with Gasteiger partial charge in [0.05, 0.1) is 17.0 Å². The van der Waals surface area contributed by atoms with Gasteiger partial charge in [-0.25, -0.2) is 0 Å². The molecule has 3 rings (SSSR count). The predicted octanol–water partition coefficient (Wildman–Crippen LogP) is 1.90. The quantitative estimate of drug-likeness (QED) is 0.485. The van der Waals surface area contributed by atoms with E-state index in [-0.39, 0.29) is 27.7 Å². The van der Waals surface area contributed by atoms with Crippen molar-refractivity contribution in [3.63, 3.8) is 0 Å². The molecule has 0 spiro atoms. The van der Waals surface area contributed by atoms with E-state index in [1.807, 2.05) is 0 Å². The molecule has 10 heteroatoms. The molecule has 2 aromatic rings. The van der Waals surface area contributed by atoms with E-state index < -0.39 is 22.4 Å². The van der Waals surface area contributed by atoms with Gasteiger partial charge in [0.1, 0.15) is 15.6 Å². The Morgan fingerprint density at radius 2 is 2.10 bits per heavy atom. The number of nitro benzene ring substituents is 1. The van der Waals surface area contributed by atoms with Crippen molar-refractivity contribution in [2.24, 2.45) is 0 Å². The largest absolute Gasteiger partial charge is 0.282 e. The number of aromatic nitrogens is 2. The van der Waals surface area contributed by atoms with Crippen molar-refractivity contribution in [2.75, 3.05) is 0 Å². The van der Waals surface area contributed by atoms with Crippen LogP contribution >= 0.6 is 23.1 Å². The lowest BCUT2D eigenvalue weighted by Gasteiger charge is -2.11. The second-order valence-corrected chi connectivity index (χ2v) is 5.50. The third-order valence-corrected chi connectivity index (χ3v) is 3.98. The molecule has 1 aliphatic heterocycles. The standard InChI is InChI=1S/C11H5ClN4O4S/c12-9-6(13-14-21-9)4-15-10(17)5-2-1-3-7(16(19)20)8(5)11(15)18/h1-3H,4H2. The van der Waals surface area contributed by atoms with Gasteiger partial charge in [-0.05, 0) is 6.07 Å². The molecular formula is C11H5ClN4O4S. The monoisotopic (exact) mass is 324 g/mol. The molecule has 2 heterocycles. The number of halogens is 1. The van der Waals surface area contributed by atoms with Crippen molar-refractivity contribution < 1.29 is 14.5 Å². The van der Waals surface area contributed by atoms with Crippen molar-refractivity contribution in [3.05, 3.63) is 49.5 Å². The number of carbonyl (C=O) groups is 2. The Hall–Kier alpha value is -2.39. The van der Waals surface area contributed by atoms with E-state index in [0.29, 0.717) is 0 Å². The Bertz CT molecular complexity index is 790. The molecule has 1 aromatic carbocycles. The molecule has 106 valence electrons. The number of rotatable bonds is 3. The molecule has 0 radical (unpaired) electrons. The van der Waals surface area contributed by atoms with Crippen LogP contribution in [0, 0.1) is 10.1 Å². The normalized spacial score (nSPS) is 13.7. The highest BCUT2D eigenvalue weighted by atomic mass is 35.5. The van der Waals surface area contributed by atoms with Crippen molar-refractivity contribution in [1.29, 1.82) is 0 Å². The molecule has 0 N–H and O–H groups in total. The van der Waals surface area contributed by atoms with Gasteiger partial charge in [-0.2, -0.15) is 0 Å². The third-order valence-electron chi connectivity index (χ3n) is 2.99. The first kappa shape index (κ1) is 13.6. The first-order chi connectivity index (χ1) is 10.0. The number of imide groups is 1. The first-order valence-corrected chi connectivity index (χ1v) is 6.76. The van der Waals surface area contributed by atoms with E-state index >= 15 is 0 Å². The third kappa shape index (κ3) is 2.06. The Morgan fingerprint density at radius 3 is 2.71 bits per heavy atom. The maximum absolute atomic E-state index is 12.3. The number of hydrogen-bond donors (Lipinski definition) is 0. The van der Waals surface area contributed by atoms with Gasteiger partial charge in [-0.15, -0.1) is 5.10 Å². The zero-order valence-corrected chi connectivity index (χ0v) is 11.7. The molecule has 1 aliphatic rings. The van der Waals surface area contributed by atoms with E-state index in [9.17, 15) is 19.7 Å². The van der Waals surface area contributed by atoms with Crippen LogP contribution in [0.4, 0.5) is 5.69 Å². The van der Waals surface area contributed by atoms with E-state index in [2.05, 4.69) is 9.59 Å². The number of hydrogen-bond acceptors (Lipinski definition) is 7. The molecule has 0 saturated heterocycles. The smallest absolute Gasteiger partial charge is 0.269 e. The van der Waals surface area contributed by atoms with Crippen molar-refractivity contribution in [2.45, 2.75) is 6.54 Å². The van der Waals surface area contributed by atoms with Crippen LogP contribution in [0.3, 0.4) is 0 Å². The number of nitrogens with zero attached hydrogens (tertiary/aromatic N) is 4. The van der Waals surface area contributed by atoms with Crippen LogP contribution in [0.25, 0.3) is 0 Å². The Kier molecular flexibility index (Phi) is 3.15. The maximum atomic E-state index is 12.3. The summed E-state index contributed by atoms with van der Waals surface area (Å²) in [7, 11) is 0. The fourth-order valence-corrected chi connectivity index (χ4v) is 2.66. The van der Waals surface area contributed by atoms with Gasteiger partial charge < -0.3 is 0 Å². The van der Waals surface area contributed by atoms with E-state index in [0.717, 1.165) is 16.4 Å². The molecule has 0 saturated carbocycles. The van der Waals surface area contributed by atoms with Crippen LogP contribution in [0.2, 0.25) is 4.34 Å². The summed E-state index contributed by atoms with van der Waals surface area (Å²) in [5.74, 6) is -1.34. The van der Waals surface area contributed by atoms with Crippen LogP contribution in [-0.4, -0.2) is 31.2 Å². The SMILES string of the molecule is O=C1c2cccc([N+](=O)[O-])c2C(=O)N1Cc1nnsc1Cl. The molecule has 2 amide bonds. The van der Waals surface area contributed by atoms with Gasteiger partial charge >= 0.3 is 0 Å². The van der Waals surface area contributed by atoms with Crippen molar-refractivity contribution in [3.8, 4) is 0 Å². The number of carbonyl (C=O) groups excluding carboxylic acids is 2. The summed E-state index contributed by atoms with van der Waals surface area (Å²) < 4.78 is 3.88. The lowest BCUT2D eigenvalue weighted by atomic mass is 10.1. The maximum Gasteiger partial charge on any atom is 0.282 e. The van der Waals surface area contributed by atoms with Crippen LogP contribution in [0.1, 0.15) is 26.4 Å². The van der Waals surface area contributed by atoms with Crippen LogP contribution in [0.5, 0.6) is 0 Å². The highest BCUT2D eigenvalue weighted by Crippen LogP contribution is 2.32. The molecule has 0 bridgehead atoms. The lowest BCUT2D eigenvalue weighted by molar-refractivity contribution is -0.385. The van der Waals surface area contributed by atoms with Crippen molar-refractivity contribution >= 4 is 40.6 Å². The lowest BCUT2D eigenvalue weighted by Crippen LogP contribution is -2.29. The summed E-state index contributed by atoms with van der Waals surface area (Å²) in [4.78, 5) is 35.7. The van der Waals surface area contributed by atoms with E-state index in [4.69, 9.17) is 11.6 Å². The van der Waals surface area contributed by atoms with Gasteiger partial charge in [0.15, 0.2) is 0 Å². The minimum atomic E-state index is -0.730. The Labute approximate surface area is 126 Å². The summed E-state index contributed by atoms with van der Waals surface area (Å²) in [6.07, 6.45) is 0. The number of fused-ring (bicyclic) bond motifs is 1. The van der Waals surface area contributed by atoms with E-state index in [1.54, 1.807) is 0 Å². The molecule has 1 aromatic heterocycles. The van der Waals surface area contributed by atoms with Crippen LogP contribution in [0.15, 0.2) is 18.2 Å². The minimum Gasteiger partial charge on any atom is -0.269 e. The molecule has 8 nitrogen and oxygen atoms in total. The number of nitro groups is 1. The average Bonchev–Trinajstić information content (AvgIpc) is 2.96. The summed E-state index contributed by atoms with van der Waals surface area (Å²) in [5.41, 5.74) is -0.310. The van der Waals surface area contributed by atoms with Crippen LogP contribution in [-0.2, 0) is 6.54 Å². The topological polar surface area (TPSA) is 106 Å². The number of benzene rings is 1. The first-order valence-electron chi connectivity index (χ1n) is 5.61. The molecule has 21 heavy (non-hydrogen) atoms. The highest BCUT2D eigenvalue weighted by molar-refractivity contribution is 7.10. The summed E-state index contributed by atoms with van der Waals surface area (Å²) in [5, 5.41) is 14.7. The van der Waals surface area contributed by atoms with Gasteiger partial charge in [0.25, 0.3) is 17.5 Å². The second-order valence-electron chi connectivity index (χ2n) is 4.15. The molecular weight excluding hydrogens is 320 g/mol. The Balaban J connectivity index is 2.03. The fourth-order valence-electron chi connectivity index (χ4n) is 2.05. The average molecular weight is 325 g/mol.